The first-order chi connectivity index (χ1) is 26.5. The first-order valence-corrected chi connectivity index (χ1v) is 18.9. The van der Waals surface area contributed by atoms with Crippen LogP contribution in [0.15, 0.2) is 119 Å². The van der Waals surface area contributed by atoms with Crippen molar-refractivity contribution in [2.75, 3.05) is 0 Å². The molecule has 2 fully saturated rings. The maximum Gasteiger partial charge on any atom is 0.223 e. The zero-order valence-electron chi connectivity index (χ0n) is 30.6. The Labute approximate surface area is 331 Å². The molecule has 1 radical (unpaired) electrons. The normalized spacial score (nSPS) is 15.1. The molecular weight excluding hydrogens is 735 g/mol. The van der Waals surface area contributed by atoms with Gasteiger partial charge in [-0.3, -0.25) is 9.98 Å². The molecule has 2 aromatic heterocycles. The van der Waals surface area contributed by atoms with Gasteiger partial charge in [0.05, 0.1) is 33.9 Å². The number of phenols is 2. The van der Waals surface area contributed by atoms with E-state index in [-0.39, 0.29) is 40.0 Å². The van der Waals surface area contributed by atoms with Crippen LogP contribution in [0, 0.1) is 0 Å². The Morgan fingerprint density at radius 2 is 0.818 bits per heavy atom. The number of rotatable bonds is 8. The second kappa shape index (κ2) is 18.6. The number of nitrogens with zero attached hydrogens (tertiary/aromatic N) is 6. The van der Waals surface area contributed by atoms with Crippen LogP contribution < -0.4 is 0 Å². The number of hydrogen-bond donors (Lipinski definition) is 4. The van der Waals surface area contributed by atoms with Crippen molar-refractivity contribution in [3.05, 3.63) is 132 Å². The summed E-state index contributed by atoms with van der Waals surface area (Å²) in [7, 11) is 0. The van der Waals surface area contributed by atoms with Gasteiger partial charge in [-0.1, -0.05) is 99.2 Å². The number of benzene rings is 4. The van der Waals surface area contributed by atoms with E-state index in [1.54, 1.807) is 58.2 Å². The van der Waals surface area contributed by atoms with Crippen molar-refractivity contribution in [1.82, 2.24) is 19.6 Å². The van der Waals surface area contributed by atoms with Crippen LogP contribution in [-0.2, 0) is 16.8 Å². The van der Waals surface area contributed by atoms with Gasteiger partial charge < -0.3 is 20.4 Å². The minimum Gasteiger partial charge on any atom is -0.506 e. The second-order valence-corrected chi connectivity index (χ2v) is 13.9. The molecule has 0 unspecified atom stereocenters. The molecule has 11 heteroatoms. The van der Waals surface area contributed by atoms with Gasteiger partial charge in [0.1, 0.15) is 22.9 Å². The summed E-state index contributed by atoms with van der Waals surface area (Å²) in [5.41, 5.74) is 5.61. The molecule has 10 nitrogen and oxygen atoms in total. The van der Waals surface area contributed by atoms with Crippen LogP contribution in [0.4, 0.5) is 11.4 Å². The molecule has 55 heavy (non-hydrogen) atoms. The van der Waals surface area contributed by atoms with E-state index in [9.17, 15) is 20.4 Å². The van der Waals surface area contributed by atoms with Crippen molar-refractivity contribution in [2.45, 2.75) is 76.0 Å². The summed E-state index contributed by atoms with van der Waals surface area (Å²) in [6.45, 7) is 0. The maximum atomic E-state index is 10.9. The third kappa shape index (κ3) is 9.18. The number of aromatic hydroxyl groups is 4. The first kappa shape index (κ1) is 39.1. The molecule has 6 aromatic rings. The van der Waals surface area contributed by atoms with Gasteiger partial charge in [0.2, 0.25) is 11.8 Å². The van der Waals surface area contributed by atoms with Gasteiger partial charge in [0, 0.05) is 41.0 Å². The topological polar surface area (TPSA) is 141 Å². The quantitative estimate of drug-likeness (QED) is 0.113. The average molecular weight is 782 g/mol. The minimum absolute atomic E-state index is 0. The molecule has 0 atom stereocenters. The second-order valence-electron chi connectivity index (χ2n) is 13.9. The minimum atomic E-state index is 0. The number of para-hydroxylation sites is 6. The molecule has 0 aliphatic heterocycles. The Morgan fingerprint density at radius 1 is 0.473 bits per heavy atom. The zero-order valence-corrected chi connectivity index (χ0v) is 31.6. The van der Waals surface area contributed by atoms with E-state index in [2.05, 4.69) is 9.98 Å². The fraction of sp³-hybridized carbons (Fsp3) is 0.273. The monoisotopic (exact) mass is 781 g/mol. The van der Waals surface area contributed by atoms with Crippen LogP contribution in [0.5, 0.6) is 23.3 Å². The van der Waals surface area contributed by atoms with E-state index >= 15 is 0 Å². The molecule has 2 saturated carbocycles. The van der Waals surface area contributed by atoms with Gasteiger partial charge in [-0.05, 0) is 74.2 Å². The summed E-state index contributed by atoms with van der Waals surface area (Å²) < 4.78 is 3.16. The van der Waals surface area contributed by atoms with E-state index in [0.717, 1.165) is 48.4 Å². The Bertz CT molecular complexity index is 2050. The fourth-order valence-electron chi connectivity index (χ4n) is 7.39. The largest absolute Gasteiger partial charge is 0.506 e. The molecule has 4 N–H and O–H groups in total. The van der Waals surface area contributed by atoms with Crippen LogP contribution in [0.25, 0.3) is 11.4 Å². The predicted octanol–water partition coefficient (Wildman–Crippen LogP) is 10.2. The smallest absolute Gasteiger partial charge is 0.223 e. The van der Waals surface area contributed by atoms with Crippen molar-refractivity contribution in [1.29, 1.82) is 0 Å². The van der Waals surface area contributed by atoms with Crippen LogP contribution >= 0.6 is 0 Å². The summed E-state index contributed by atoms with van der Waals surface area (Å²) in [4.78, 5) is 8.82. The van der Waals surface area contributed by atoms with Crippen molar-refractivity contribution in [2.24, 2.45) is 9.98 Å². The first-order valence-electron chi connectivity index (χ1n) is 18.9. The Hall–Kier alpha value is -5.65. The fourth-order valence-corrected chi connectivity index (χ4v) is 7.39. The van der Waals surface area contributed by atoms with Gasteiger partial charge in [-0.25, -0.2) is 9.36 Å². The van der Waals surface area contributed by atoms with Crippen molar-refractivity contribution in [3.8, 4) is 34.6 Å². The van der Waals surface area contributed by atoms with Crippen LogP contribution in [0.2, 0.25) is 0 Å². The maximum absolute atomic E-state index is 10.9. The van der Waals surface area contributed by atoms with Crippen LogP contribution in [0.3, 0.4) is 0 Å². The Morgan fingerprint density at radius 3 is 1.18 bits per heavy atom. The van der Waals surface area contributed by atoms with E-state index in [1.165, 1.54) is 38.5 Å². The molecule has 0 saturated heterocycles. The molecule has 4 aromatic carbocycles. The average Bonchev–Trinajstić information content (AvgIpc) is 3.74. The molecule has 0 amide bonds. The SMILES string of the molecule is Oc1ccccc1N=Cc1c(C2CCCCC2)nn(-c2ccccc2)c1O.Oc1ccccc1N=Cc1c(C2CCCCC2)nn(-c2ccccc2)c1O.[Co]. The van der Waals surface area contributed by atoms with Crippen molar-refractivity contribution < 1.29 is 37.2 Å². The molecular formula is C44H46CoN6O4. The summed E-state index contributed by atoms with van der Waals surface area (Å²) >= 11 is 0. The summed E-state index contributed by atoms with van der Waals surface area (Å²) in [6, 6.07) is 33.1. The number of aromatic nitrogens is 4. The molecule has 0 bridgehead atoms. The molecule has 2 heterocycles. The molecule has 2 aliphatic rings. The van der Waals surface area contributed by atoms with Gasteiger partial charge in [-0.2, -0.15) is 10.2 Å². The third-order valence-electron chi connectivity index (χ3n) is 10.3. The third-order valence-corrected chi connectivity index (χ3v) is 10.3. The van der Waals surface area contributed by atoms with E-state index in [4.69, 9.17) is 10.2 Å². The number of aliphatic imine (C=N–C) groups is 2. The van der Waals surface area contributed by atoms with E-state index < -0.39 is 0 Å². The molecule has 285 valence electrons. The predicted molar refractivity (Wildman–Crippen MR) is 213 cm³/mol. The van der Waals surface area contributed by atoms with Crippen LogP contribution in [-0.4, -0.2) is 52.4 Å². The molecule has 8 rings (SSSR count). The number of hydrogen-bond acceptors (Lipinski definition) is 8. The van der Waals surface area contributed by atoms with Gasteiger partial charge >= 0.3 is 0 Å². The van der Waals surface area contributed by atoms with Crippen molar-refractivity contribution >= 4 is 23.8 Å². The standard InChI is InChI=1S/2C22H23N3O2.Co/c2*26-20-14-8-7-13-19(20)23-15-18-21(16-9-3-1-4-10-16)24-25(22(18)27)17-11-5-2-6-12-17;/h2*2,5-8,11-16,26-27H,1,3-4,9-10H2;. The van der Waals surface area contributed by atoms with Crippen LogP contribution in [0.1, 0.15) is 98.6 Å². The Kier molecular flexibility index (Phi) is 13.2. The van der Waals surface area contributed by atoms with Crippen molar-refractivity contribution in [3.63, 3.8) is 0 Å². The van der Waals surface area contributed by atoms with E-state index in [1.807, 2.05) is 72.8 Å². The Balaban J connectivity index is 0.000000184. The summed E-state index contributed by atoms with van der Waals surface area (Å²) in [5.74, 6) is 1.04. The van der Waals surface area contributed by atoms with Gasteiger partial charge in [-0.15, -0.1) is 0 Å². The molecule has 2 aliphatic carbocycles. The zero-order chi connectivity index (χ0) is 37.3. The summed E-state index contributed by atoms with van der Waals surface area (Å²) in [6.07, 6.45) is 14.8. The summed E-state index contributed by atoms with van der Waals surface area (Å²) in [5, 5.41) is 51.2. The van der Waals surface area contributed by atoms with Gasteiger partial charge in [0.15, 0.2) is 0 Å². The van der Waals surface area contributed by atoms with E-state index in [0.29, 0.717) is 34.3 Å². The van der Waals surface area contributed by atoms with Gasteiger partial charge in [0.25, 0.3) is 0 Å². The number of phenolic OH excluding ortho intramolecular Hbond substituents is 2. The molecule has 0 spiro atoms.